The van der Waals surface area contributed by atoms with E-state index in [2.05, 4.69) is 5.10 Å². The lowest BCUT2D eigenvalue weighted by atomic mass is 10.2. The molecular weight excluding hydrogens is 188 g/mol. The second-order valence-corrected chi connectivity index (χ2v) is 3.16. The fourth-order valence-corrected chi connectivity index (χ4v) is 0.948. The Bertz CT molecular complexity index is 368. The summed E-state index contributed by atoms with van der Waals surface area (Å²) in [4.78, 5) is 10.7. The molecule has 3 heteroatoms. The minimum Gasteiger partial charge on any atom is -0.295 e. The summed E-state index contributed by atoms with van der Waals surface area (Å²) in [5, 5.41) is 5.73. The van der Waals surface area contributed by atoms with E-state index in [1.165, 1.54) is 13.0 Å². The van der Waals surface area contributed by atoms with Crippen molar-refractivity contribution < 1.29 is 4.79 Å². The SMILES string of the molecule is CC(=O)/C=C/N(C)/N=C\c1ccccc1. The minimum absolute atomic E-state index is 0.0109. The van der Waals surface area contributed by atoms with Gasteiger partial charge in [-0.1, -0.05) is 30.3 Å². The van der Waals surface area contributed by atoms with Crippen LogP contribution in [0, 0.1) is 0 Å². The summed E-state index contributed by atoms with van der Waals surface area (Å²) in [6, 6.07) is 9.79. The minimum atomic E-state index is 0.0109. The van der Waals surface area contributed by atoms with Gasteiger partial charge in [0.25, 0.3) is 0 Å². The van der Waals surface area contributed by atoms with E-state index in [9.17, 15) is 4.79 Å². The summed E-state index contributed by atoms with van der Waals surface area (Å²) in [5.74, 6) is 0.0109. The molecule has 0 bridgehead atoms. The number of ketones is 1. The van der Waals surface area contributed by atoms with Crippen LogP contribution >= 0.6 is 0 Å². The molecular formula is C12H14N2O. The predicted octanol–water partition coefficient (Wildman–Crippen LogP) is 2.05. The quantitative estimate of drug-likeness (QED) is 0.425. The van der Waals surface area contributed by atoms with Crippen LogP contribution in [0.3, 0.4) is 0 Å². The van der Waals surface area contributed by atoms with Crippen molar-refractivity contribution in [1.82, 2.24) is 5.01 Å². The Morgan fingerprint density at radius 2 is 2.00 bits per heavy atom. The molecule has 0 fully saturated rings. The van der Waals surface area contributed by atoms with Gasteiger partial charge < -0.3 is 0 Å². The van der Waals surface area contributed by atoms with Crippen molar-refractivity contribution in [3.05, 3.63) is 48.2 Å². The topological polar surface area (TPSA) is 32.7 Å². The number of hydrogen-bond acceptors (Lipinski definition) is 3. The van der Waals surface area contributed by atoms with Crippen LogP contribution in [-0.2, 0) is 4.79 Å². The molecule has 78 valence electrons. The highest BCUT2D eigenvalue weighted by Crippen LogP contribution is 1.95. The third-order valence-corrected chi connectivity index (χ3v) is 1.71. The van der Waals surface area contributed by atoms with Crippen LogP contribution in [0.1, 0.15) is 12.5 Å². The summed E-state index contributed by atoms with van der Waals surface area (Å²) in [7, 11) is 1.78. The molecule has 0 aliphatic rings. The number of hydrazone groups is 1. The summed E-state index contributed by atoms with van der Waals surface area (Å²) >= 11 is 0. The second kappa shape index (κ2) is 5.75. The standard InChI is InChI=1S/C12H14N2O/c1-11(15)8-9-14(2)13-10-12-6-4-3-5-7-12/h3-10H,1-2H3/b9-8+,13-10-. The molecule has 0 unspecified atom stereocenters. The largest absolute Gasteiger partial charge is 0.295 e. The molecule has 0 N–H and O–H groups in total. The van der Waals surface area contributed by atoms with Gasteiger partial charge in [-0.25, -0.2) is 0 Å². The Hall–Kier alpha value is -1.90. The van der Waals surface area contributed by atoms with Crippen LogP contribution in [0.2, 0.25) is 0 Å². The fourth-order valence-electron chi connectivity index (χ4n) is 0.948. The van der Waals surface area contributed by atoms with Gasteiger partial charge in [-0.05, 0) is 18.6 Å². The van der Waals surface area contributed by atoms with E-state index in [1.54, 1.807) is 24.5 Å². The van der Waals surface area contributed by atoms with E-state index < -0.39 is 0 Å². The molecule has 0 heterocycles. The number of nitrogens with zero attached hydrogens (tertiary/aromatic N) is 2. The molecule has 15 heavy (non-hydrogen) atoms. The summed E-state index contributed by atoms with van der Waals surface area (Å²) in [5.41, 5.74) is 1.03. The third-order valence-electron chi connectivity index (χ3n) is 1.71. The Morgan fingerprint density at radius 3 is 2.60 bits per heavy atom. The van der Waals surface area contributed by atoms with Crippen molar-refractivity contribution in [3.63, 3.8) is 0 Å². The van der Waals surface area contributed by atoms with E-state index in [1.807, 2.05) is 30.3 Å². The molecule has 0 saturated carbocycles. The van der Waals surface area contributed by atoms with Gasteiger partial charge in [0.05, 0.1) is 6.21 Å². The van der Waals surface area contributed by atoms with E-state index in [-0.39, 0.29) is 5.78 Å². The van der Waals surface area contributed by atoms with Crippen molar-refractivity contribution in [2.24, 2.45) is 5.10 Å². The van der Waals surface area contributed by atoms with Crippen LogP contribution in [0.4, 0.5) is 0 Å². The lowest BCUT2D eigenvalue weighted by molar-refractivity contribution is -0.112. The second-order valence-electron chi connectivity index (χ2n) is 3.16. The molecule has 0 aliphatic heterocycles. The lowest BCUT2D eigenvalue weighted by Crippen LogP contribution is -2.02. The van der Waals surface area contributed by atoms with Gasteiger partial charge in [0.2, 0.25) is 0 Å². The van der Waals surface area contributed by atoms with Gasteiger partial charge in [0.1, 0.15) is 0 Å². The highest BCUT2D eigenvalue weighted by atomic mass is 16.1. The molecule has 0 amide bonds. The fraction of sp³-hybridized carbons (Fsp3) is 0.167. The van der Waals surface area contributed by atoms with Gasteiger partial charge in [0, 0.05) is 13.2 Å². The van der Waals surface area contributed by atoms with E-state index in [0.29, 0.717) is 0 Å². The number of benzene rings is 1. The van der Waals surface area contributed by atoms with Crippen molar-refractivity contribution in [1.29, 1.82) is 0 Å². The monoisotopic (exact) mass is 202 g/mol. The first-order valence-corrected chi connectivity index (χ1v) is 4.69. The van der Waals surface area contributed by atoms with Gasteiger partial charge in [-0.3, -0.25) is 9.80 Å². The molecule has 1 aromatic carbocycles. The maximum Gasteiger partial charge on any atom is 0.154 e. The van der Waals surface area contributed by atoms with Crippen molar-refractivity contribution >= 4 is 12.0 Å². The van der Waals surface area contributed by atoms with Gasteiger partial charge in [0.15, 0.2) is 5.78 Å². The normalized spacial score (nSPS) is 11.1. The molecule has 1 aromatic rings. The van der Waals surface area contributed by atoms with Crippen LogP contribution in [0.25, 0.3) is 0 Å². The maximum atomic E-state index is 10.7. The smallest absolute Gasteiger partial charge is 0.154 e. The molecule has 0 aliphatic carbocycles. The first-order valence-electron chi connectivity index (χ1n) is 4.69. The molecule has 0 radical (unpaired) electrons. The molecule has 0 spiro atoms. The number of hydrogen-bond donors (Lipinski definition) is 0. The number of carbonyl (C=O) groups is 1. The lowest BCUT2D eigenvalue weighted by Gasteiger charge is -2.04. The maximum absolute atomic E-state index is 10.7. The predicted molar refractivity (Wildman–Crippen MR) is 61.6 cm³/mol. The third kappa shape index (κ3) is 4.76. The average molecular weight is 202 g/mol. The van der Waals surface area contributed by atoms with Crippen LogP contribution < -0.4 is 0 Å². The molecule has 0 aromatic heterocycles. The van der Waals surface area contributed by atoms with Crippen LogP contribution in [0.5, 0.6) is 0 Å². The van der Waals surface area contributed by atoms with E-state index in [0.717, 1.165) is 5.56 Å². The average Bonchev–Trinajstić information content (AvgIpc) is 2.25. The van der Waals surface area contributed by atoms with Gasteiger partial charge in [-0.2, -0.15) is 5.10 Å². The first kappa shape index (κ1) is 11.2. The van der Waals surface area contributed by atoms with Crippen molar-refractivity contribution in [3.8, 4) is 0 Å². The zero-order chi connectivity index (χ0) is 11.1. The Morgan fingerprint density at radius 1 is 1.33 bits per heavy atom. The van der Waals surface area contributed by atoms with E-state index in [4.69, 9.17) is 0 Å². The zero-order valence-electron chi connectivity index (χ0n) is 8.92. The van der Waals surface area contributed by atoms with Crippen molar-refractivity contribution in [2.45, 2.75) is 6.92 Å². The Kier molecular flexibility index (Phi) is 4.29. The summed E-state index contributed by atoms with van der Waals surface area (Å²) in [6.45, 7) is 1.51. The highest BCUT2D eigenvalue weighted by Gasteiger charge is 1.87. The molecule has 3 nitrogen and oxygen atoms in total. The van der Waals surface area contributed by atoms with Crippen molar-refractivity contribution in [2.75, 3.05) is 7.05 Å². The number of rotatable bonds is 4. The first-order chi connectivity index (χ1) is 7.18. The Balaban J connectivity index is 2.55. The van der Waals surface area contributed by atoms with Gasteiger partial charge >= 0.3 is 0 Å². The molecule has 0 atom stereocenters. The van der Waals surface area contributed by atoms with Crippen LogP contribution in [-0.4, -0.2) is 24.1 Å². The number of carbonyl (C=O) groups excluding carboxylic acids is 1. The zero-order valence-corrected chi connectivity index (χ0v) is 8.92. The summed E-state index contributed by atoms with van der Waals surface area (Å²) in [6.07, 6.45) is 4.84. The molecule has 0 saturated heterocycles. The molecule has 1 rings (SSSR count). The van der Waals surface area contributed by atoms with Crippen LogP contribution in [0.15, 0.2) is 47.7 Å². The van der Waals surface area contributed by atoms with E-state index >= 15 is 0 Å². The van der Waals surface area contributed by atoms with Gasteiger partial charge in [-0.15, -0.1) is 0 Å². The Labute approximate surface area is 89.7 Å². The summed E-state index contributed by atoms with van der Waals surface area (Å²) < 4.78 is 0. The number of allylic oxidation sites excluding steroid dienone is 1. The highest BCUT2D eigenvalue weighted by molar-refractivity contribution is 5.87.